The van der Waals surface area contributed by atoms with Gasteiger partial charge in [0.2, 0.25) is 0 Å². The topological polar surface area (TPSA) is 43.6 Å². The summed E-state index contributed by atoms with van der Waals surface area (Å²) in [5.41, 5.74) is 16.7. The molecule has 4 heterocycles. The highest BCUT2D eigenvalue weighted by atomic mass is 15.0. The highest BCUT2D eigenvalue weighted by Gasteiger charge is 2.51. The van der Waals surface area contributed by atoms with Crippen LogP contribution in [0.15, 0.2) is 170 Å². The van der Waals surface area contributed by atoms with E-state index in [2.05, 4.69) is 126 Å². The van der Waals surface area contributed by atoms with Gasteiger partial charge in [-0.3, -0.25) is 9.97 Å². The van der Waals surface area contributed by atoms with Crippen LogP contribution >= 0.6 is 0 Å². The van der Waals surface area contributed by atoms with Crippen LogP contribution in [0, 0.1) is 0 Å². The molecule has 9 aromatic rings. The molecule has 0 saturated heterocycles. The van der Waals surface area contributed by atoms with E-state index in [9.17, 15) is 0 Å². The zero-order valence-corrected chi connectivity index (χ0v) is 27.0. The molecule has 2 aliphatic carbocycles. The molecule has 4 nitrogen and oxygen atoms in total. The molecule has 11 rings (SSSR count). The lowest BCUT2D eigenvalue weighted by atomic mass is 9.70. The molecule has 0 N–H and O–H groups in total. The first-order valence-electron chi connectivity index (χ1n) is 17.0. The molecule has 0 radical (unpaired) electrons. The second-order valence-corrected chi connectivity index (χ2v) is 13.2. The maximum absolute atomic E-state index is 5.10. The monoisotopic (exact) mass is 636 g/mol. The van der Waals surface area contributed by atoms with Crippen molar-refractivity contribution in [3.8, 4) is 50.7 Å². The third kappa shape index (κ3) is 3.57. The highest BCUT2D eigenvalue weighted by Crippen LogP contribution is 2.63. The normalized spacial score (nSPS) is 13.4. The molecular weight excluding hydrogens is 609 g/mol. The molecule has 0 saturated carbocycles. The highest BCUT2D eigenvalue weighted by molar-refractivity contribution is 6.12. The van der Waals surface area contributed by atoms with E-state index in [4.69, 9.17) is 15.0 Å². The third-order valence-corrected chi connectivity index (χ3v) is 10.7. The van der Waals surface area contributed by atoms with Gasteiger partial charge in [-0.2, -0.15) is 0 Å². The van der Waals surface area contributed by atoms with E-state index in [0.717, 1.165) is 39.5 Å². The molecular formula is C46H28N4. The minimum Gasteiger partial charge on any atom is -0.309 e. The summed E-state index contributed by atoms with van der Waals surface area (Å²) in [6.07, 6.45) is 3.64. The van der Waals surface area contributed by atoms with Gasteiger partial charge in [0, 0.05) is 23.2 Å². The van der Waals surface area contributed by atoms with Crippen molar-refractivity contribution in [2.24, 2.45) is 0 Å². The number of para-hydroxylation sites is 1. The summed E-state index contributed by atoms with van der Waals surface area (Å²) >= 11 is 0. The van der Waals surface area contributed by atoms with Gasteiger partial charge in [0.15, 0.2) is 0 Å². The standard InChI is InChI=1S/C46H28N4/c1-5-17-36-30(13-1)31-14-2-6-18-37(31)46(36)38-19-7-3-15-32(38)34-27-35-33-16-4-8-22-44(33)50(45(35)28-39(34)46)29-25-42(40-20-9-11-23-47-40)49-43(26-29)41-21-10-12-24-48-41/h1-28H. The lowest BCUT2D eigenvalue weighted by Crippen LogP contribution is -2.25. The van der Waals surface area contributed by atoms with Crippen molar-refractivity contribution in [3.05, 3.63) is 192 Å². The Morgan fingerprint density at radius 3 is 1.48 bits per heavy atom. The number of benzene rings is 5. The van der Waals surface area contributed by atoms with Gasteiger partial charge in [-0.1, -0.05) is 103 Å². The number of hydrogen-bond donors (Lipinski definition) is 0. The minimum atomic E-state index is -0.426. The quantitative estimate of drug-likeness (QED) is 0.194. The van der Waals surface area contributed by atoms with Gasteiger partial charge in [-0.05, 0) is 99.1 Å². The molecule has 2 aliphatic rings. The average Bonchev–Trinajstić information content (AvgIpc) is 3.79. The van der Waals surface area contributed by atoms with Crippen LogP contribution < -0.4 is 0 Å². The Labute approximate surface area is 289 Å². The number of aromatic nitrogens is 4. The van der Waals surface area contributed by atoms with Crippen LogP contribution in [0.25, 0.3) is 72.5 Å². The first-order valence-corrected chi connectivity index (χ1v) is 17.0. The molecule has 0 bridgehead atoms. The molecule has 1 spiro atoms. The summed E-state index contributed by atoms with van der Waals surface area (Å²) in [5, 5.41) is 2.44. The molecule has 50 heavy (non-hydrogen) atoms. The summed E-state index contributed by atoms with van der Waals surface area (Å²) in [6, 6.07) is 56.9. The van der Waals surface area contributed by atoms with Crippen molar-refractivity contribution >= 4 is 21.8 Å². The van der Waals surface area contributed by atoms with Crippen LogP contribution in [0.3, 0.4) is 0 Å². The van der Waals surface area contributed by atoms with Gasteiger partial charge in [-0.25, -0.2) is 4.98 Å². The second kappa shape index (κ2) is 10.2. The SMILES string of the molecule is c1ccc(-c2cc(-n3c4ccccc4c4cc5c(cc43)C3(c4ccccc4-c4ccccc43)c3ccccc3-5)cc(-c3ccccn3)n2)nc1. The van der Waals surface area contributed by atoms with Crippen LogP contribution in [-0.2, 0) is 5.41 Å². The maximum atomic E-state index is 5.10. The Morgan fingerprint density at radius 1 is 0.380 bits per heavy atom. The second-order valence-electron chi connectivity index (χ2n) is 13.2. The molecule has 0 fully saturated rings. The lowest BCUT2D eigenvalue weighted by molar-refractivity contribution is 0.794. The van der Waals surface area contributed by atoms with Crippen molar-refractivity contribution in [1.82, 2.24) is 19.5 Å². The molecule has 0 aliphatic heterocycles. The van der Waals surface area contributed by atoms with E-state index in [0.29, 0.717) is 0 Å². The van der Waals surface area contributed by atoms with Crippen molar-refractivity contribution in [1.29, 1.82) is 0 Å². The maximum Gasteiger partial charge on any atom is 0.0915 e. The van der Waals surface area contributed by atoms with Crippen LogP contribution in [-0.4, -0.2) is 19.5 Å². The molecule has 0 unspecified atom stereocenters. The van der Waals surface area contributed by atoms with E-state index in [1.165, 1.54) is 55.3 Å². The van der Waals surface area contributed by atoms with E-state index in [1.807, 2.05) is 48.8 Å². The lowest BCUT2D eigenvalue weighted by Gasteiger charge is -2.30. The fourth-order valence-corrected chi connectivity index (χ4v) is 8.77. The van der Waals surface area contributed by atoms with Gasteiger partial charge < -0.3 is 4.57 Å². The average molecular weight is 637 g/mol. The van der Waals surface area contributed by atoms with E-state index in [1.54, 1.807) is 0 Å². The molecule has 4 aromatic heterocycles. The van der Waals surface area contributed by atoms with Gasteiger partial charge in [0.1, 0.15) is 0 Å². The van der Waals surface area contributed by atoms with Crippen LogP contribution in [0.1, 0.15) is 22.3 Å². The summed E-state index contributed by atoms with van der Waals surface area (Å²) in [6.45, 7) is 0. The molecule has 0 amide bonds. The predicted octanol–water partition coefficient (Wildman–Crippen LogP) is 10.6. The first-order chi connectivity index (χ1) is 24.8. The van der Waals surface area contributed by atoms with Crippen LogP contribution in [0.2, 0.25) is 0 Å². The summed E-state index contributed by atoms with van der Waals surface area (Å²) in [5.74, 6) is 0. The Hall–Kier alpha value is -6.65. The zero-order valence-electron chi connectivity index (χ0n) is 27.0. The number of nitrogens with zero attached hydrogens (tertiary/aromatic N) is 4. The molecule has 0 atom stereocenters. The third-order valence-electron chi connectivity index (χ3n) is 10.7. The zero-order chi connectivity index (χ0) is 32.8. The number of pyridine rings is 3. The fourth-order valence-electron chi connectivity index (χ4n) is 8.77. The molecule has 232 valence electrons. The predicted molar refractivity (Wildman–Crippen MR) is 201 cm³/mol. The van der Waals surface area contributed by atoms with Gasteiger partial charge in [0.05, 0.1) is 44.9 Å². The Morgan fingerprint density at radius 2 is 0.900 bits per heavy atom. The molecule has 5 aromatic carbocycles. The van der Waals surface area contributed by atoms with Gasteiger partial charge in [-0.15, -0.1) is 0 Å². The van der Waals surface area contributed by atoms with Crippen molar-refractivity contribution in [2.75, 3.05) is 0 Å². The Bertz CT molecular complexity index is 2710. The van der Waals surface area contributed by atoms with Crippen molar-refractivity contribution in [3.63, 3.8) is 0 Å². The van der Waals surface area contributed by atoms with Crippen molar-refractivity contribution in [2.45, 2.75) is 5.41 Å². The Kier molecular flexibility index (Phi) is 5.56. The van der Waals surface area contributed by atoms with Crippen LogP contribution in [0.4, 0.5) is 0 Å². The fraction of sp³-hybridized carbons (Fsp3) is 0.0217. The first kappa shape index (κ1) is 27.3. The minimum absolute atomic E-state index is 0.426. The number of fused-ring (bicyclic) bond motifs is 13. The molecule has 4 heteroatoms. The Balaban J connectivity index is 1.27. The van der Waals surface area contributed by atoms with Crippen LogP contribution in [0.5, 0.6) is 0 Å². The van der Waals surface area contributed by atoms with Gasteiger partial charge >= 0.3 is 0 Å². The number of hydrogen-bond acceptors (Lipinski definition) is 3. The summed E-state index contributed by atoms with van der Waals surface area (Å²) in [7, 11) is 0. The summed E-state index contributed by atoms with van der Waals surface area (Å²) < 4.78 is 2.41. The largest absolute Gasteiger partial charge is 0.309 e. The van der Waals surface area contributed by atoms with Gasteiger partial charge in [0.25, 0.3) is 0 Å². The number of rotatable bonds is 3. The smallest absolute Gasteiger partial charge is 0.0915 e. The van der Waals surface area contributed by atoms with E-state index < -0.39 is 5.41 Å². The van der Waals surface area contributed by atoms with Crippen molar-refractivity contribution < 1.29 is 0 Å². The van der Waals surface area contributed by atoms with E-state index >= 15 is 0 Å². The summed E-state index contributed by atoms with van der Waals surface area (Å²) in [4.78, 5) is 14.5. The van der Waals surface area contributed by atoms with E-state index in [-0.39, 0.29) is 0 Å².